The number of carbonyl (C=O) groups is 9. The van der Waals surface area contributed by atoms with E-state index >= 15 is 0 Å². The van der Waals surface area contributed by atoms with Gasteiger partial charge in [-0.25, -0.2) is 14.4 Å². The molecule has 3 aliphatic rings. The number of rotatable bonds is 18. The van der Waals surface area contributed by atoms with Gasteiger partial charge in [0.1, 0.15) is 49.8 Å². The summed E-state index contributed by atoms with van der Waals surface area (Å²) in [6.45, 7) is 10.9. The highest BCUT2D eigenvalue weighted by Crippen LogP contribution is 2.42. The smallest absolute Gasteiger partial charge is 0.367 e. The molecule has 2 amide bonds. The third-order valence-corrected chi connectivity index (χ3v) is 12.3. The van der Waals surface area contributed by atoms with Crippen LogP contribution in [0.2, 0.25) is 25.7 Å². The van der Waals surface area contributed by atoms with Gasteiger partial charge in [0.15, 0.2) is 12.2 Å². The number of nitrogens with one attached hydrogen (secondary N) is 2. The number of aliphatic hydroxyl groups is 1. The molecule has 67 heavy (non-hydrogen) atoms. The zero-order chi connectivity index (χ0) is 50.0. The van der Waals surface area contributed by atoms with Crippen LogP contribution in [0.5, 0.6) is 0 Å². The Hall–Kier alpha value is -5.53. The maximum absolute atomic E-state index is 14.1. The van der Waals surface area contributed by atoms with Crippen LogP contribution in [-0.4, -0.2) is 166 Å². The lowest BCUT2D eigenvalue weighted by molar-refractivity contribution is -0.360. The number of esters is 7. The molecule has 0 saturated carbocycles. The van der Waals surface area contributed by atoms with E-state index in [4.69, 9.17) is 52.1 Å². The number of carbonyl (C=O) groups excluding carboxylic acids is 9. The fraction of sp³-hybridized carbons (Fsp3) is 0.651. The van der Waals surface area contributed by atoms with Crippen LogP contribution in [0, 0.1) is 0 Å². The highest BCUT2D eigenvalue weighted by molar-refractivity contribution is 6.76. The first-order chi connectivity index (χ1) is 31.3. The monoisotopic (exact) mass is 968 g/mol. The molecule has 24 heteroatoms. The first kappa shape index (κ1) is 54.1. The third-order valence-electron chi connectivity index (χ3n) is 10.6. The zero-order valence-electron chi connectivity index (χ0n) is 39.0. The Labute approximate surface area is 387 Å². The van der Waals surface area contributed by atoms with Crippen molar-refractivity contribution >= 4 is 61.7 Å². The van der Waals surface area contributed by atoms with Gasteiger partial charge in [0, 0.05) is 56.2 Å². The second-order valence-corrected chi connectivity index (χ2v) is 23.0. The highest BCUT2D eigenvalue weighted by atomic mass is 28.3. The van der Waals surface area contributed by atoms with Crippen molar-refractivity contribution in [2.45, 2.75) is 153 Å². The molecular weight excluding hydrogens is 909 g/mol. The summed E-state index contributed by atoms with van der Waals surface area (Å²) in [5, 5.41) is 17.7. The van der Waals surface area contributed by atoms with Crippen LogP contribution in [0.25, 0.3) is 0 Å². The van der Waals surface area contributed by atoms with E-state index in [2.05, 4.69) is 30.3 Å². The average Bonchev–Trinajstić information content (AvgIpc) is 3.22. The summed E-state index contributed by atoms with van der Waals surface area (Å²) in [6, 6.07) is 5.28. The minimum atomic E-state index is -2.74. The van der Waals surface area contributed by atoms with Crippen LogP contribution < -0.4 is 10.6 Å². The Kier molecular flexibility index (Phi) is 18.5. The van der Waals surface area contributed by atoms with Gasteiger partial charge in [0.2, 0.25) is 11.8 Å². The van der Waals surface area contributed by atoms with Gasteiger partial charge in [-0.1, -0.05) is 37.8 Å². The van der Waals surface area contributed by atoms with Crippen LogP contribution in [0.1, 0.15) is 64.7 Å². The summed E-state index contributed by atoms with van der Waals surface area (Å²) < 4.78 is 63.7. The van der Waals surface area contributed by atoms with E-state index in [1.165, 1.54) is 12.1 Å². The maximum atomic E-state index is 14.1. The van der Waals surface area contributed by atoms with Gasteiger partial charge in [-0.05, 0) is 18.2 Å². The molecule has 3 saturated heterocycles. The fourth-order valence-corrected chi connectivity index (χ4v) is 8.50. The van der Waals surface area contributed by atoms with Gasteiger partial charge < -0.3 is 67.8 Å². The molecule has 372 valence electrons. The van der Waals surface area contributed by atoms with Crippen LogP contribution in [0.15, 0.2) is 30.3 Å². The molecular formula is C43H60N2O21Si. The molecule has 3 heterocycles. The zero-order valence-corrected chi connectivity index (χ0v) is 40.0. The number of ether oxygens (including phenoxy) is 11. The Morgan fingerprint density at radius 3 is 1.91 bits per heavy atom. The van der Waals surface area contributed by atoms with E-state index in [-0.39, 0.29) is 12.2 Å². The lowest BCUT2D eigenvalue weighted by Crippen LogP contribution is -2.73. The van der Waals surface area contributed by atoms with Gasteiger partial charge in [-0.2, -0.15) is 0 Å². The van der Waals surface area contributed by atoms with Gasteiger partial charge >= 0.3 is 41.8 Å². The molecule has 1 aromatic rings. The molecule has 0 bridgehead atoms. The van der Waals surface area contributed by atoms with E-state index in [0.717, 1.165) is 48.7 Å². The highest BCUT2D eigenvalue weighted by Gasteiger charge is 2.64. The summed E-state index contributed by atoms with van der Waals surface area (Å²) in [7, 11) is -0.791. The van der Waals surface area contributed by atoms with Gasteiger partial charge in [0.05, 0.1) is 37.6 Å². The van der Waals surface area contributed by atoms with E-state index in [1.54, 1.807) is 18.2 Å². The Balaban J connectivity index is 1.88. The molecule has 12 atom stereocenters. The molecule has 0 aliphatic carbocycles. The van der Waals surface area contributed by atoms with Crippen LogP contribution in [0.3, 0.4) is 0 Å². The second-order valence-electron chi connectivity index (χ2n) is 17.4. The maximum Gasteiger partial charge on any atom is 0.367 e. The summed E-state index contributed by atoms with van der Waals surface area (Å²) in [6.07, 6.45) is -15.5. The standard InChI is InChI=1S/C43H60N2O21Si/c1-22(46)44-33-30(63-39(53)28-14-12-11-13-15-28)18-42(40(54)56-7,59-16-17-67(8,9)10)65-37(33)35(52)31-20-58-41(55)43(64-31)19-29(60-25(4)49)34(45-23(2)47)38(66-43)36(62-27(6)51)32(61-26(5)50)21-57-24(3)48/h11-15,29-38,52H,16-21H2,1-10H3,(H,44,46)(H,45,47)/t29-,30-,31+,32+,33+,34+,35+,36+,37+,38+,42+,43+/m0/s1. The summed E-state index contributed by atoms with van der Waals surface area (Å²) in [5.74, 6) is -13.5. The van der Waals surface area contributed by atoms with Gasteiger partial charge in [-0.15, -0.1) is 0 Å². The summed E-state index contributed by atoms with van der Waals surface area (Å²) >= 11 is 0. The van der Waals surface area contributed by atoms with E-state index in [1.807, 2.05) is 0 Å². The normalized spacial score (nSPS) is 28.5. The molecule has 0 aromatic heterocycles. The molecule has 0 radical (unpaired) electrons. The van der Waals surface area contributed by atoms with Gasteiger partial charge in [0.25, 0.3) is 11.6 Å². The fourth-order valence-electron chi connectivity index (χ4n) is 7.78. The summed E-state index contributed by atoms with van der Waals surface area (Å²) in [5.41, 5.74) is 0.0974. The molecule has 3 fully saturated rings. The second kappa shape index (κ2) is 23.0. The van der Waals surface area contributed by atoms with E-state index in [0.29, 0.717) is 6.04 Å². The topological polar surface area (TPSA) is 299 Å². The van der Waals surface area contributed by atoms with Crippen molar-refractivity contribution in [3.05, 3.63) is 35.9 Å². The SMILES string of the molecule is COC(=O)[C@@]1(OCC[Si](C)(C)C)C[C@H](OC(=O)c2ccccc2)[C@@H](NC(C)=O)[C@H]([C@H](O)[C@H]2COC(=O)[C@]3(C[C@H](OC(C)=O)[C@@H](NC(C)=O)[C@H]([C@H](OC(C)=O)[C@@H](COC(C)=O)OC(C)=O)O3)O2)O1. The molecule has 3 aliphatic heterocycles. The number of methoxy groups -OCH3 is 1. The van der Waals surface area contributed by atoms with Crippen LogP contribution in [0.4, 0.5) is 0 Å². The van der Waals surface area contributed by atoms with E-state index in [9.17, 15) is 48.3 Å². The lowest BCUT2D eigenvalue weighted by atomic mass is 9.86. The van der Waals surface area contributed by atoms with Crippen LogP contribution >= 0.6 is 0 Å². The number of hydrogen-bond acceptors (Lipinski definition) is 21. The predicted molar refractivity (Wildman–Crippen MR) is 227 cm³/mol. The number of hydrogen-bond donors (Lipinski definition) is 3. The first-order valence-corrected chi connectivity index (χ1v) is 25.1. The number of aliphatic hydroxyl groups excluding tert-OH is 1. The molecule has 1 aromatic carbocycles. The molecule has 1 spiro atoms. The molecule has 23 nitrogen and oxygen atoms in total. The quantitative estimate of drug-likeness (QED) is 0.102. The van der Waals surface area contributed by atoms with Crippen molar-refractivity contribution in [2.24, 2.45) is 0 Å². The predicted octanol–water partition coefficient (Wildman–Crippen LogP) is 0.381. The number of amides is 2. The largest absolute Gasteiger partial charge is 0.465 e. The summed E-state index contributed by atoms with van der Waals surface area (Å²) in [4.78, 5) is 117. The van der Waals surface area contributed by atoms with Crippen molar-refractivity contribution < 1.29 is 100 Å². The molecule has 3 N–H and O–H groups in total. The van der Waals surface area contributed by atoms with Crippen molar-refractivity contribution in [3.63, 3.8) is 0 Å². The molecule has 0 unspecified atom stereocenters. The van der Waals surface area contributed by atoms with Crippen molar-refractivity contribution in [2.75, 3.05) is 26.9 Å². The van der Waals surface area contributed by atoms with E-state index < -0.39 is 160 Å². The minimum Gasteiger partial charge on any atom is -0.465 e. The molecule has 4 rings (SSSR count). The Morgan fingerprint density at radius 2 is 1.37 bits per heavy atom. The Bertz CT molecular complexity index is 2000. The third kappa shape index (κ3) is 14.5. The van der Waals surface area contributed by atoms with Crippen molar-refractivity contribution in [1.82, 2.24) is 10.6 Å². The van der Waals surface area contributed by atoms with Crippen LogP contribution in [-0.2, 0) is 90.5 Å². The van der Waals surface area contributed by atoms with Crippen molar-refractivity contribution in [3.8, 4) is 0 Å². The van der Waals surface area contributed by atoms with Gasteiger partial charge in [-0.3, -0.25) is 28.8 Å². The van der Waals surface area contributed by atoms with Crippen molar-refractivity contribution in [1.29, 1.82) is 0 Å². The first-order valence-electron chi connectivity index (χ1n) is 21.4. The minimum absolute atomic E-state index is 0.0596. The number of benzene rings is 1. The average molecular weight is 969 g/mol. The lowest BCUT2D eigenvalue weighted by Gasteiger charge is -2.52. The number of cyclic esters (lactones) is 1. The Morgan fingerprint density at radius 1 is 0.776 bits per heavy atom.